The average Bonchev–Trinajstić information content (AvgIpc) is 2.39. The largest absolute Gasteiger partial charge is 0.496 e. The number of methoxy groups -OCH3 is 1. The maximum absolute atomic E-state index is 11.7. The van der Waals surface area contributed by atoms with E-state index >= 15 is 0 Å². The highest BCUT2D eigenvalue weighted by Crippen LogP contribution is 2.24. The Labute approximate surface area is 113 Å². The zero-order chi connectivity index (χ0) is 13.4. The van der Waals surface area contributed by atoms with Crippen molar-refractivity contribution in [3.05, 3.63) is 29.8 Å². The lowest BCUT2D eigenvalue weighted by atomic mass is 10.1. The number of unbranched alkanes of at least 4 members (excludes halogenated alkanes) is 1. The van der Waals surface area contributed by atoms with E-state index in [0.717, 1.165) is 24.2 Å². The smallest absolute Gasteiger partial charge is 0.220 e. The van der Waals surface area contributed by atoms with Crippen LogP contribution in [0.1, 0.15) is 37.8 Å². The fourth-order valence-electron chi connectivity index (χ4n) is 1.80. The van der Waals surface area contributed by atoms with Gasteiger partial charge < -0.3 is 10.1 Å². The molecule has 3 nitrogen and oxygen atoms in total. The van der Waals surface area contributed by atoms with Crippen LogP contribution in [-0.2, 0) is 4.79 Å². The monoisotopic (exact) mass is 269 g/mol. The molecule has 4 heteroatoms. The Morgan fingerprint density at radius 3 is 2.78 bits per heavy atom. The molecule has 0 saturated carbocycles. The van der Waals surface area contributed by atoms with Crippen LogP contribution in [0.4, 0.5) is 0 Å². The number of nitrogens with one attached hydrogen (secondary N) is 1. The first-order valence-electron chi connectivity index (χ1n) is 6.17. The number of alkyl halides is 1. The molecule has 1 rings (SSSR count). The molecule has 0 aliphatic carbocycles. The summed E-state index contributed by atoms with van der Waals surface area (Å²) in [6, 6.07) is 7.66. The second-order valence-corrected chi connectivity index (χ2v) is 4.56. The van der Waals surface area contributed by atoms with Gasteiger partial charge in [-0.3, -0.25) is 4.79 Å². The summed E-state index contributed by atoms with van der Waals surface area (Å²) < 4.78 is 5.28. The van der Waals surface area contributed by atoms with Gasteiger partial charge in [0.05, 0.1) is 13.2 Å². The van der Waals surface area contributed by atoms with Crippen LogP contribution in [-0.4, -0.2) is 18.9 Å². The average molecular weight is 270 g/mol. The third-order valence-electron chi connectivity index (χ3n) is 2.77. The summed E-state index contributed by atoms with van der Waals surface area (Å²) in [6.07, 6.45) is 2.22. The van der Waals surface area contributed by atoms with Crippen LogP contribution >= 0.6 is 11.6 Å². The molecule has 0 bridgehead atoms. The van der Waals surface area contributed by atoms with Gasteiger partial charge in [-0.05, 0) is 25.8 Å². The van der Waals surface area contributed by atoms with E-state index in [9.17, 15) is 4.79 Å². The normalized spacial score (nSPS) is 11.9. The number of hydrogen-bond donors (Lipinski definition) is 1. The molecule has 18 heavy (non-hydrogen) atoms. The lowest BCUT2D eigenvalue weighted by Gasteiger charge is -2.17. The molecule has 0 saturated heterocycles. The van der Waals surface area contributed by atoms with Crippen LogP contribution in [0.15, 0.2) is 24.3 Å². The van der Waals surface area contributed by atoms with E-state index in [-0.39, 0.29) is 11.9 Å². The molecule has 0 aliphatic heterocycles. The number of carbonyl (C=O) groups excluding carboxylic acids is 1. The standard InChI is InChI=1S/C14H20ClNO2/c1-11(16-14(17)9-5-6-10-15)12-7-3-4-8-13(12)18-2/h3-4,7-8,11H,5-6,9-10H2,1-2H3,(H,16,17)/t11-/m0/s1. The quantitative estimate of drug-likeness (QED) is 0.609. The minimum Gasteiger partial charge on any atom is -0.496 e. The number of carbonyl (C=O) groups is 1. The number of ether oxygens (including phenoxy) is 1. The van der Waals surface area contributed by atoms with E-state index in [0.29, 0.717) is 12.3 Å². The highest BCUT2D eigenvalue weighted by Gasteiger charge is 2.12. The van der Waals surface area contributed by atoms with Crippen molar-refractivity contribution in [3.63, 3.8) is 0 Å². The molecule has 0 heterocycles. The lowest BCUT2D eigenvalue weighted by molar-refractivity contribution is -0.121. The summed E-state index contributed by atoms with van der Waals surface area (Å²) >= 11 is 5.58. The molecular formula is C14H20ClNO2. The molecule has 100 valence electrons. The van der Waals surface area contributed by atoms with Gasteiger partial charge in [0.25, 0.3) is 0 Å². The predicted octanol–water partition coefficient (Wildman–Crippen LogP) is 3.28. The van der Waals surface area contributed by atoms with Gasteiger partial charge in [0.2, 0.25) is 5.91 Å². The number of hydrogen-bond acceptors (Lipinski definition) is 2. The van der Waals surface area contributed by atoms with Gasteiger partial charge in [-0.2, -0.15) is 0 Å². The van der Waals surface area contributed by atoms with E-state index in [4.69, 9.17) is 16.3 Å². The van der Waals surface area contributed by atoms with E-state index < -0.39 is 0 Å². The highest BCUT2D eigenvalue weighted by molar-refractivity contribution is 6.17. The second kappa shape index (κ2) is 7.98. The molecule has 0 unspecified atom stereocenters. The Hall–Kier alpha value is -1.22. The number of para-hydroxylation sites is 1. The van der Waals surface area contributed by atoms with Crippen LogP contribution in [0.3, 0.4) is 0 Å². The number of rotatable bonds is 7. The summed E-state index contributed by atoms with van der Waals surface area (Å²) in [5, 5.41) is 2.97. The minimum absolute atomic E-state index is 0.0512. The molecule has 1 aromatic rings. The molecule has 0 spiro atoms. The van der Waals surface area contributed by atoms with Crippen molar-refractivity contribution in [1.29, 1.82) is 0 Å². The molecule has 0 aliphatic rings. The first kappa shape index (κ1) is 14.8. The first-order chi connectivity index (χ1) is 8.69. The van der Waals surface area contributed by atoms with Gasteiger partial charge in [-0.15, -0.1) is 11.6 Å². The number of benzene rings is 1. The molecular weight excluding hydrogens is 250 g/mol. The Morgan fingerprint density at radius 2 is 2.11 bits per heavy atom. The van der Waals surface area contributed by atoms with E-state index in [2.05, 4.69) is 5.32 Å². The third-order valence-corrected chi connectivity index (χ3v) is 3.04. The van der Waals surface area contributed by atoms with Crippen molar-refractivity contribution < 1.29 is 9.53 Å². The molecule has 0 radical (unpaired) electrons. The molecule has 0 aromatic heterocycles. The predicted molar refractivity (Wildman–Crippen MR) is 74.1 cm³/mol. The van der Waals surface area contributed by atoms with Gasteiger partial charge in [-0.25, -0.2) is 0 Å². The zero-order valence-electron chi connectivity index (χ0n) is 10.9. The number of halogens is 1. The van der Waals surface area contributed by atoms with Crippen molar-refractivity contribution >= 4 is 17.5 Å². The zero-order valence-corrected chi connectivity index (χ0v) is 11.7. The third kappa shape index (κ3) is 4.57. The van der Waals surface area contributed by atoms with Crippen molar-refractivity contribution in [2.24, 2.45) is 0 Å². The molecule has 1 amide bonds. The fraction of sp³-hybridized carbons (Fsp3) is 0.500. The summed E-state index contributed by atoms with van der Waals surface area (Å²) in [6.45, 7) is 1.96. The van der Waals surface area contributed by atoms with Crippen LogP contribution in [0.25, 0.3) is 0 Å². The second-order valence-electron chi connectivity index (χ2n) is 4.18. The highest BCUT2D eigenvalue weighted by atomic mass is 35.5. The topological polar surface area (TPSA) is 38.3 Å². The van der Waals surface area contributed by atoms with Crippen molar-refractivity contribution in [3.8, 4) is 5.75 Å². The maximum Gasteiger partial charge on any atom is 0.220 e. The van der Waals surface area contributed by atoms with Crippen molar-refractivity contribution in [2.45, 2.75) is 32.2 Å². The minimum atomic E-state index is -0.0512. The van der Waals surface area contributed by atoms with E-state index in [1.807, 2.05) is 31.2 Å². The molecule has 1 N–H and O–H groups in total. The van der Waals surface area contributed by atoms with Gasteiger partial charge in [-0.1, -0.05) is 18.2 Å². The van der Waals surface area contributed by atoms with Crippen LogP contribution in [0.5, 0.6) is 5.75 Å². The number of amides is 1. The van der Waals surface area contributed by atoms with Gasteiger partial charge in [0.1, 0.15) is 5.75 Å². The van der Waals surface area contributed by atoms with E-state index in [1.165, 1.54) is 0 Å². The van der Waals surface area contributed by atoms with Gasteiger partial charge >= 0.3 is 0 Å². The van der Waals surface area contributed by atoms with Crippen LogP contribution in [0.2, 0.25) is 0 Å². The van der Waals surface area contributed by atoms with Crippen molar-refractivity contribution in [2.75, 3.05) is 13.0 Å². The van der Waals surface area contributed by atoms with Crippen molar-refractivity contribution in [1.82, 2.24) is 5.32 Å². The summed E-state index contributed by atoms with van der Waals surface area (Å²) in [5.41, 5.74) is 0.991. The Kier molecular flexibility index (Phi) is 6.58. The Morgan fingerprint density at radius 1 is 1.39 bits per heavy atom. The van der Waals surface area contributed by atoms with E-state index in [1.54, 1.807) is 7.11 Å². The summed E-state index contributed by atoms with van der Waals surface area (Å²) in [5.74, 6) is 1.46. The Balaban J connectivity index is 2.53. The first-order valence-corrected chi connectivity index (χ1v) is 6.70. The fourth-order valence-corrected chi connectivity index (χ4v) is 1.98. The van der Waals surface area contributed by atoms with Crippen LogP contribution in [0, 0.1) is 0 Å². The molecule has 1 atom stereocenters. The lowest BCUT2D eigenvalue weighted by Crippen LogP contribution is -2.26. The molecule has 0 fully saturated rings. The van der Waals surface area contributed by atoms with Gasteiger partial charge in [0, 0.05) is 17.9 Å². The summed E-state index contributed by atoms with van der Waals surface area (Å²) in [7, 11) is 1.63. The van der Waals surface area contributed by atoms with Gasteiger partial charge in [0.15, 0.2) is 0 Å². The maximum atomic E-state index is 11.7. The summed E-state index contributed by atoms with van der Waals surface area (Å²) in [4.78, 5) is 11.7. The molecule has 1 aromatic carbocycles. The SMILES string of the molecule is COc1ccccc1[C@H](C)NC(=O)CCCCCl. The van der Waals surface area contributed by atoms with Crippen LogP contribution < -0.4 is 10.1 Å². The Bertz CT molecular complexity index is 382.